The molecule has 3 aromatic carbocycles. The summed E-state index contributed by atoms with van der Waals surface area (Å²) in [6.45, 7) is 3.99. The number of aromatic nitrogens is 1. The highest BCUT2D eigenvalue weighted by Crippen LogP contribution is 2.51. The van der Waals surface area contributed by atoms with E-state index in [1.54, 1.807) is 29.3 Å². The molecule has 0 saturated carbocycles. The van der Waals surface area contributed by atoms with E-state index in [1.807, 2.05) is 61.5 Å². The molecule has 1 saturated heterocycles. The van der Waals surface area contributed by atoms with Crippen molar-refractivity contribution >= 4 is 35.1 Å². The fraction of sp³-hybridized carbons (Fsp3) is 0.257. The third kappa shape index (κ3) is 5.85. The maximum Gasteiger partial charge on any atom is 0.327 e. The van der Waals surface area contributed by atoms with Crippen molar-refractivity contribution < 1.29 is 19.1 Å². The monoisotopic (exact) mass is 632 g/mol. The number of ether oxygens (including phenoxy) is 2. The van der Waals surface area contributed by atoms with Crippen LogP contribution in [0.1, 0.15) is 41.1 Å². The van der Waals surface area contributed by atoms with E-state index in [9.17, 15) is 14.9 Å². The van der Waals surface area contributed by atoms with Gasteiger partial charge in [-0.15, -0.1) is 0 Å². The molecule has 0 bridgehead atoms. The number of carbonyl (C=O) groups excluding carboxylic acids is 2. The molecule has 11 heteroatoms. The molecule has 3 aliphatic heterocycles. The zero-order valence-corrected chi connectivity index (χ0v) is 26.0. The van der Waals surface area contributed by atoms with Gasteiger partial charge in [0.2, 0.25) is 5.91 Å². The lowest BCUT2D eigenvalue weighted by Crippen LogP contribution is -2.51. The first-order valence-electron chi connectivity index (χ1n) is 15.2. The molecular formula is C35H32N6O4S. The third-order valence-corrected chi connectivity index (χ3v) is 9.68. The molecule has 4 aromatic rings. The lowest BCUT2D eigenvalue weighted by atomic mass is 9.98. The van der Waals surface area contributed by atoms with Gasteiger partial charge in [0.05, 0.1) is 23.0 Å². The maximum absolute atomic E-state index is 13.7. The van der Waals surface area contributed by atoms with E-state index in [-0.39, 0.29) is 24.6 Å². The Morgan fingerprint density at radius 1 is 1.07 bits per heavy atom. The molecule has 232 valence electrons. The van der Waals surface area contributed by atoms with Crippen molar-refractivity contribution in [2.24, 2.45) is 0 Å². The number of nitriles is 1. The highest BCUT2D eigenvalue weighted by atomic mass is 32.2. The summed E-state index contributed by atoms with van der Waals surface area (Å²) in [5, 5.41) is 19.2. The molecule has 0 spiro atoms. The van der Waals surface area contributed by atoms with E-state index in [1.165, 1.54) is 11.8 Å². The van der Waals surface area contributed by atoms with Crippen LogP contribution < -0.4 is 30.3 Å². The van der Waals surface area contributed by atoms with Gasteiger partial charge in [-0.05, 0) is 92.5 Å². The van der Waals surface area contributed by atoms with Gasteiger partial charge in [-0.1, -0.05) is 36.0 Å². The Morgan fingerprint density at radius 2 is 1.89 bits per heavy atom. The maximum atomic E-state index is 13.7. The van der Waals surface area contributed by atoms with Crippen LogP contribution in [0.15, 0.2) is 84.0 Å². The number of hydrogen-bond acceptors (Lipinski definition) is 8. The van der Waals surface area contributed by atoms with E-state index in [0.717, 1.165) is 53.3 Å². The van der Waals surface area contributed by atoms with Gasteiger partial charge in [0.25, 0.3) is 0 Å². The summed E-state index contributed by atoms with van der Waals surface area (Å²) in [5.74, 6) is 1.72. The standard InChI is InChI=1S/C35H32N6O4S/c1-21-17-26(45-25-7-4-5-22(18-25)20-44-29-8-3-2-6-23(29)19-36)9-10-27(21)41-28-13-16-38-34-30(28)31(40-35(41)43)32(46-34)33(42)39-24-11-14-37-15-12-24/h2-10,13,16-18,24,31-32,37H,11-12,14-15,20H2,1H3,(H,39,42)(H,40,43). The molecule has 10 nitrogen and oxygen atoms in total. The Bertz CT molecular complexity index is 1850. The molecule has 3 aliphatic rings. The number of rotatable bonds is 8. The summed E-state index contributed by atoms with van der Waals surface area (Å²) >= 11 is 1.41. The van der Waals surface area contributed by atoms with E-state index >= 15 is 0 Å². The molecule has 0 radical (unpaired) electrons. The number of benzene rings is 3. The number of carbonyl (C=O) groups is 2. The number of para-hydroxylation sites is 1. The largest absolute Gasteiger partial charge is 0.488 e. The molecular weight excluding hydrogens is 600 g/mol. The van der Waals surface area contributed by atoms with Crippen LogP contribution in [0.4, 0.5) is 16.2 Å². The Hall–Kier alpha value is -5.05. The van der Waals surface area contributed by atoms with E-state index in [2.05, 4.69) is 27.0 Å². The molecule has 46 heavy (non-hydrogen) atoms. The molecule has 2 unspecified atom stereocenters. The topological polar surface area (TPSA) is 129 Å². The average Bonchev–Trinajstić information content (AvgIpc) is 3.45. The Kier molecular flexibility index (Phi) is 8.22. The molecule has 3 amide bonds. The molecule has 3 N–H and O–H groups in total. The van der Waals surface area contributed by atoms with Crippen molar-refractivity contribution in [3.8, 4) is 23.3 Å². The van der Waals surface area contributed by atoms with Gasteiger partial charge >= 0.3 is 6.03 Å². The Labute approximate surface area is 271 Å². The Balaban J connectivity index is 1.07. The predicted molar refractivity (Wildman–Crippen MR) is 175 cm³/mol. The molecule has 7 rings (SSSR count). The first-order valence-corrected chi connectivity index (χ1v) is 16.1. The number of urea groups is 1. The SMILES string of the molecule is Cc1cc(Oc2cccc(COc3ccccc3C#N)c2)ccc1N1C(=O)NC2c3c1ccnc3SC2C(=O)NC1CCNCC1. The number of anilines is 2. The van der Waals surface area contributed by atoms with Gasteiger partial charge in [-0.3, -0.25) is 9.69 Å². The number of nitrogens with one attached hydrogen (secondary N) is 3. The molecule has 4 heterocycles. The quantitative estimate of drug-likeness (QED) is 0.220. The van der Waals surface area contributed by atoms with Gasteiger partial charge < -0.3 is 25.4 Å². The average molecular weight is 633 g/mol. The van der Waals surface area contributed by atoms with Crippen molar-refractivity contribution in [2.75, 3.05) is 18.0 Å². The zero-order valence-electron chi connectivity index (χ0n) is 25.2. The van der Waals surface area contributed by atoms with Gasteiger partial charge in [0.1, 0.15) is 40.2 Å². The van der Waals surface area contributed by atoms with E-state index < -0.39 is 11.3 Å². The summed E-state index contributed by atoms with van der Waals surface area (Å²) in [6, 6.07) is 23.7. The number of amides is 3. The minimum atomic E-state index is -0.483. The first-order chi connectivity index (χ1) is 22.5. The van der Waals surface area contributed by atoms with Crippen LogP contribution in [-0.4, -0.2) is 41.3 Å². The van der Waals surface area contributed by atoms with Gasteiger partial charge in [0.15, 0.2) is 0 Å². The fourth-order valence-electron chi connectivity index (χ4n) is 6.14. The Morgan fingerprint density at radius 3 is 2.72 bits per heavy atom. The molecule has 0 aliphatic carbocycles. The summed E-state index contributed by atoms with van der Waals surface area (Å²) in [6.07, 6.45) is 3.47. The van der Waals surface area contributed by atoms with Crippen LogP contribution in [-0.2, 0) is 11.4 Å². The lowest BCUT2D eigenvalue weighted by molar-refractivity contribution is -0.121. The van der Waals surface area contributed by atoms with Crippen molar-refractivity contribution in [2.45, 2.75) is 48.7 Å². The summed E-state index contributed by atoms with van der Waals surface area (Å²) in [4.78, 5) is 33.2. The second-order valence-corrected chi connectivity index (χ2v) is 12.6. The van der Waals surface area contributed by atoms with Gasteiger partial charge in [-0.2, -0.15) is 5.26 Å². The third-order valence-electron chi connectivity index (χ3n) is 8.39. The molecule has 1 fully saturated rings. The smallest absolute Gasteiger partial charge is 0.327 e. The van der Waals surface area contributed by atoms with Crippen molar-refractivity contribution in [3.63, 3.8) is 0 Å². The first kappa shape index (κ1) is 29.6. The second-order valence-electron chi connectivity index (χ2n) is 11.5. The number of thioether (sulfide) groups is 1. The van der Waals surface area contributed by atoms with E-state index in [4.69, 9.17) is 9.47 Å². The van der Waals surface area contributed by atoms with E-state index in [0.29, 0.717) is 28.5 Å². The van der Waals surface area contributed by atoms with Crippen LogP contribution in [0.3, 0.4) is 0 Å². The second kappa shape index (κ2) is 12.7. The van der Waals surface area contributed by atoms with Gasteiger partial charge in [0, 0.05) is 17.8 Å². The van der Waals surface area contributed by atoms with Crippen molar-refractivity contribution in [3.05, 3.63) is 101 Å². The number of pyridine rings is 1. The summed E-state index contributed by atoms with van der Waals surface area (Å²) in [5.41, 5.74) is 4.53. The van der Waals surface area contributed by atoms with Crippen molar-refractivity contribution in [1.82, 2.24) is 20.9 Å². The number of aryl methyl sites for hydroxylation is 1. The fourth-order valence-corrected chi connectivity index (χ4v) is 7.37. The van der Waals surface area contributed by atoms with Crippen molar-refractivity contribution in [1.29, 1.82) is 5.26 Å². The summed E-state index contributed by atoms with van der Waals surface area (Å²) < 4.78 is 12.1. The molecule has 1 aromatic heterocycles. The predicted octanol–water partition coefficient (Wildman–Crippen LogP) is 5.88. The number of nitrogens with zero attached hydrogens (tertiary/aromatic N) is 3. The van der Waals surface area contributed by atoms with Crippen LogP contribution >= 0.6 is 11.8 Å². The zero-order chi connectivity index (χ0) is 31.6. The lowest BCUT2D eigenvalue weighted by Gasteiger charge is -2.35. The van der Waals surface area contributed by atoms with Gasteiger partial charge in [-0.25, -0.2) is 9.78 Å². The van der Waals surface area contributed by atoms with Crippen LogP contribution in [0.5, 0.6) is 17.2 Å². The molecule has 2 atom stereocenters. The van der Waals surface area contributed by atoms with Crippen LogP contribution in [0, 0.1) is 18.3 Å². The number of piperidine rings is 1. The minimum absolute atomic E-state index is 0.0695. The highest BCUT2D eigenvalue weighted by molar-refractivity contribution is 8.01. The van der Waals surface area contributed by atoms with Crippen LogP contribution in [0.2, 0.25) is 0 Å². The number of hydrogen-bond donors (Lipinski definition) is 3. The normalized spacial score (nSPS) is 18.7. The van der Waals surface area contributed by atoms with Crippen LogP contribution in [0.25, 0.3) is 0 Å². The highest BCUT2D eigenvalue weighted by Gasteiger charge is 2.47. The summed E-state index contributed by atoms with van der Waals surface area (Å²) in [7, 11) is 0. The minimum Gasteiger partial charge on any atom is -0.488 e.